The van der Waals surface area contributed by atoms with Crippen LogP contribution in [0.4, 0.5) is 11.4 Å². The molecule has 2 amide bonds. The third kappa shape index (κ3) is 4.42. The Bertz CT molecular complexity index is 563. The maximum Gasteiger partial charge on any atom is 0.231 e. The topological polar surface area (TPSA) is 93.9 Å². The van der Waals surface area contributed by atoms with E-state index in [1.807, 2.05) is 0 Å². The van der Waals surface area contributed by atoms with Crippen LogP contribution in [0.3, 0.4) is 0 Å². The lowest BCUT2D eigenvalue weighted by atomic mass is 10.2. The number of nitrogens with one attached hydrogen (secondary N) is 1. The van der Waals surface area contributed by atoms with Gasteiger partial charge in [-0.25, -0.2) is 0 Å². The number of halogens is 1. The molecule has 7 nitrogen and oxygen atoms in total. The molecule has 3 N–H and O–H groups in total. The first-order valence-corrected chi connectivity index (χ1v) is 6.66. The zero-order valence-electron chi connectivity index (χ0n) is 12.5. The normalized spacial score (nSPS) is 11.5. The molecule has 122 valence electrons. The highest BCUT2D eigenvalue weighted by Crippen LogP contribution is 2.38. The summed E-state index contributed by atoms with van der Waals surface area (Å²) >= 11 is 0. The number of benzene rings is 1. The van der Waals surface area contributed by atoms with Gasteiger partial charge >= 0.3 is 0 Å². The fraction of sp³-hybridized carbons (Fsp3) is 0.429. The van der Waals surface area contributed by atoms with Gasteiger partial charge in [0, 0.05) is 39.1 Å². The molecule has 0 saturated carbocycles. The van der Waals surface area contributed by atoms with Gasteiger partial charge in [0.05, 0.1) is 11.4 Å². The van der Waals surface area contributed by atoms with E-state index < -0.39 is 0 Å². The molecule has 0 radical (unpaired) electrons. The van der Waals surface area contributed by atoms with Crippen LogP contribution in [0.15, 0.2) is 12.1 Å². The van der Waals surface area contributed by atoms with Gasteiger partial charge in [-0.1, -0.05) is 0 Å². The lowest BCUT2D eigenvalue weighted by Gasteiger charge is -2.11. The molecule has 0 aromatic heterocycles. The molecular weight excluding hydrogens is 310 g/mol. The lowest BCUT2D eigenvalue weighted by Crippen LogP contribution is -2.22. The molecular formula is C14H20ClN3O4. The van der Waals surface area contributed by atoms with Crippen molar-refractivity contribution in [2.45, 2.75) is 19.3 Å². The van der Waals surface area contributed by atoms with E-state index in [9.17, 15) is 9.59 Å². The number of rotatable bonds is 5. The van der Waals surface area contributed by atoms with Gasteiger partial charge in [-0.15, -0.1) is 12.4 Å². The van der Waals surface area contributed by atoms with E-state index in [2.05, 4.69) is 5.32 Å². The highest BCUT2D eigenvalue weighted by molar-refractivity contribution is 5.94. The monoisotopic (exact) mass is 329 g/mol. The minimum atomic E-state index is -0.188. The van der Waals surface area contributed by atoms with Gasteiger partial charge in [-0.05, 0) is 6.42 Å². The van der Waals surface area contributed by atoms with Crippen LogP contribution in [0.25, 0.3) is 0 Å². The minimum Gasteiger partial charge on any atom is -0.454 e. The van der Waals surface area contributed by atoms with Crippen molar-refractivity contribution in [1.82, 2.24) is 4.90 Å². The van der Waals surface area contributed by atoms with Crippen LogP contribution in [-0.2, 0) is 9.59 Å². The molecule has 8 heteroatoms. The van der Waals surface area contributed by atoms with Crippen molar-refractivity contribution < 1.29 is 19.1 Å². The van der Waals surface area contributed by atoms with Gasteiger partial charge in [0.1, 0.15) is 0 Å². The summed E-state index contributed by atoms with van der Waals surface area (Å²) in [6, 6.07) is 3.26. The first kappa shape index (κ1) is 17.9. The van der Waals surface area contributed by atoms with E-state index in [4.69, 9.17) is 15.2 Å². The number of ether oxygens (including phenoxy) is 2. The van der Waals surface area contributed by atoms with Crippen molar-refractivity contribution in [2.24, 2.45) is 0 Å². The molecule has 0 saturated heterocycles. The number of carbonyl (C=O) groups is 2. The zero-order valence-corrected chi connectivity index (χ0v) is 13.4. The van der Waals surface area contributed by atoms with Crippen LogP contribution >= 0.6 is 12.4 Å². The molecule has 22 heavy (non-hydrogen) atoms. The third-order valence-corrected chi connectivity index (χ3v) is 3.11. The van der Waals surface area contributed by atoms with Crippen LogP contribution in [0.1, 0.15) is 19.3 Å². The molecule has 0 fully saturated rings. The van der Waals surface area contributed by atoms with E-state index in [1.54, 1.807) is 26.2 Å². The summed E-state index contributed by atoms with van der Waals surface area (Å²) in [7, 11) is 3.38. The molecule has 0 bridgehead atoms. The summed E-state index contributed by atoms with van der Waals surface area (Å²) in [6.07, 6.45) is 1.10. The van der Waals surface area contributed by atoms with Crippen molar-refractivity contribution in [3.05, 3.63) is 12.1 Å². The van der Waals surface area contributed by atoms with Crippen LogP contribution in [0, 0.1) is 0 Å². The average molecular weight is 330 g/mol. The Hall–Kier alpha value is -2.15. The number of carbonyl (C=O) groups excluding carboxylic acids is 2. The van der Waals surface area contributed by atoms with E-state index in [1.165, 1.54) is 4.90 Å². The summed E-state index contributed by atoms with van der Waals surface area (Å²) in [6.45, 7) is 0.152. The summed E-state index contributed by atoms with van der Waals surface area (Å²) in [4.78, 5) is 24.8. The van der Waals surface area contributed by atoms with Crippen LogP contribution in [-0.4, -0.2) is 37.6 Å². The number of nitrogen functional groups attached to an aromatic ring is 1. The van der Waals surface area contributed by atoms with Gasteiger partial charge in [0.15, 0.2) is 11.5 Å². The van der Waals surface area contributed by atoms with Crippen LogP contribution in [0.5, 0.6) is 11.5 Å². The Kier molecular flexibility index (Phi) is 6.30. The van der Waals surface area contributed by atoms with Crippen molar-refractivity contribution >= 4 is 35.6 Å². The number of amides is 2. The van der Waals surface area contributed by atoms with Gasteiger partial charge in [-0.2, -0.15) is 0 Å². The third-order valence-electron chi connectivity index (χ3n) is 3.11. The Morgan fingerprint density at radius 1 is 1.23 bits per heavy atom. The molecule has 1 aliphatic rings. The summed E-state index contributed by atoms with van der Waals surface area (Å²) in [5.41, 5.74) is 6.75. The summed E-state index contributed by atoms with van der Waals surface area (Å²) < 4.78 is 10.4. The molecule has 0 unspecified atom stereocenters. The standard InChI is InChI=1S/C14H19N3O4.ClH/c1-17(2)14(19)5-3-4-13(18)16-10-7-12-11(6-9(10)15)20-8-21-12;/h6-7H,3-5,8,15H2,1-2H3,(H,16,18);1H. The summed E-state index contributed by atoms with van der Waals surface area (Å²) in [5.74, 6) is 0.946. The smallest absolute Gasteiger partial charge is 0.231 e. The van der Waals surface area contributed by atoms with Crippen molar-refractivity contribution in [3.8, 4) is 11.5 Å². The van der Waals surface area contributed by atoms with E-state index in [-0.39, 0.29) is 37.4 Å². The molecule has 1 heterocycles. The second kappa shape index (κ2) is 7.74. The maximum atomic E-state index is 11.9. The first-order valence-electron chi connectivity index (χ1n) is 6.66. The molecule has 1 aliphatic heterocycles. The number of nitrogens with zero attached hydrogens (tertiary/aromatic N) is 1. The minimum absolute atomic E-state index is 0. The fourth-order valence-electron chi connectivity index (χ4n) is 1.90. The molecule has 0 spiro atoms. The number of nitrogens with two attached hydrogens (primary N) is 1. The van der Waals surface area contributed by atoms with Crippen molar-refractivity contribution in [1.29, 1.82) is 0 Å². The average Bonchev–Trinajstić information content (AvgIpc) is 2.85. The highest BCUT2D eigenvalue weighted by atomic mass is 35.5. The number of hydrogen-bond donors (Lipinski definition) is 2. The SMILES string of the molecule is CN(C)C(=O)CCCC(=O)Nc1cc2c(cc1N)OCO2.Cl. The van der Waals surface area contributed by atoms with Crippen molar-refractivity contribution in [2.75, 3.05) is 31.9 Å². The molecule has 2 rings (SSSR count). The highest BCUT2D eigenvalue weighted by Gasteiger charge is 2.17. The number of anilines is 2. The Morgan fingerprint density at radius 2 is 1.86 bits per heavy atom. The van der Waals surface area contributed by atoms with E-state index in [0.29, 0.717) is 35.7 Å². The van der Waals surface area contributed by atoms with Gasteiger partial charge < -0.3 is 25.4 Å². The predicted molar refractivity (Wildman–Crippen MR) is 85.4 cm³/mol. The van der Waals surface area contributed by atoms with Gasteiger partial charge in [0.25, 0.3) is 0 Å². The quantitative estimate of drug-likeness (QED) is 0.800. The van der Waals surface area contributed by atoms with Crippen LogP contribution in [0.2, 0.25) is 0 Å². The first-order chi connectivity index (χ1) is 9.97. The second-order valence-electron chi connectivity index (χ2n) is 4.98. The Labute approximate surface area is 135 Å². The molecule has 1 aromatic rings. The van der Waals surface area contributed by atoms with Gasteiger partial charge in [-0.3, -0.25) is 9.59 Å². The molecule has 0 aliphatic carbocycles. The second-order valence-corrected chi connectivity index (χ2v) is 4.98. The van der Waals surface area contributed by atoms with Crippen LogP contribution < -0.4 is 20.5 Å². The maximum absolute atomic E-state index is 11.9. The largest absolute Gasteiger partial charge is 0.454 e. The molecule has 0 atom stereocenters. The Morgan fingerprint density at radius 3 is 2.50 bits per heavy atom. The Balaban J connectivity index is 0.00000242. The van der Waals surface area contributed by atoms with E-state index >= 15 is 0 Å². The number of hydrogen-bond acceptors (Lipinski definition) is 5. The zero-order chi connectivity index (χ0) is 15.4. The van der Waals surface area contributed by atoms with Gasteiger partial charge in [0.2, 0.25) is 18.6 Å². The molecule has 1 aromatic carbocycles. The van der Waals surface area contributed by atoms with Crippen molar-refractivity contribution in [3.63, 3.8) is 0 Å². The predicted octanol–water partition coefficient (Wildman–Crippen LogP) is 1.62. The summed E-state index contributed by atoms with van der Waals surface area (Å²) in [5, 5.41) is 2.72. The van der Waals surface area contributed by atoms with E-state index in [0.717, 1.165) is 0 Å². The lowest BCUT2D eigenvalue weighted by molar-refractivity contribution is -0.128. The fourth-order valence-corrected chi connectivity index (χ4v) is 1.90. The number of fused-ring (bicyclic) bond motifs is 1.